The molecule has 0 fully saturated rings. The van der Waals surface area contributed by atoms with E-state index in [0.717, 1.165) is 11.3 Å². The molecule has 1 N–H and O–H groups in total. The number of nitro benzene ring substituents is 1. The Morgan fingerprint density at radius 2 is 1.58 bits per heavy atom. The normalized spacial score (nSPS) is 12.5. The van der Waals surface area contributed by atoms with E-state index >= 15 is 0 Å². The number of halogens is 1. The van der Waals surface area contributed by atoms with E-state index in [2.05, 4.69) is 5.43 Å². The number of nitrogens with zero attached hydrogens (tertiary/aromatic N) is 4. The van der Waals surface area contributed by atoms with Gasteiger partial charge in [-0.3, -0.25) is 15.5 Å². The molecule has 1 aliphatic heterocycles. The molecule has 4 rings (SSSR count). The molecule has 0 aliphatic carbocycles. The van der Waals surface area contributed by atoms with Gasteiger partial charge in [-0.05, 0) is 42.5 Å². The first kappa shape index (κ1) is 22.2. The van der Waals surface area contributed by atoms with Crippen molar-refractivity contribution in [3.8, 4) is 11.5 Å². The lowest BCUT2D eigenvalue weighted by molar-refractivity contribution is -0.384. The number of rotatable bonds is 6. The van der Waals surface area contributed by atoms with Gasteiger partial charge in [-0.2, -0.15) is 10.2 Å². The first-order valence-electron chi connectivity index (χ1n) is 9.08. The molecule has 0 bridgehead atoms. The van der Waals surface area contributed by atoms with Crippen LogP contribution in [0.15, 0.2) is 77.9 Å². The van der Waals surface area contributed by atoms with E-state index in [9.17, 15) is 10.1 Å². The largest absolute Gasteiger partial charge is 0.493 e. The van der Waals surface area contributed by atoms with Crippen LogP contribution >= 0.6 is 24.0 Å². The van der Waals surface area contributed by atoms with Crippen molar-refractivity contribution < 1.29 is 14.4 Å². The highest BCUT2D eigenvalue weighted by atomic mass is 127. The van der Waals surface area contributed by atoms with Gasteiger partial charge in [0.1, 0.15) is 0 Å². The van der Waals surface area contributed by atoms with E-state index in [0.29, 0.717) is 23.0 Å². The average Bonchev–Trinajstić information content (AvgIpc) is 3.24. The summed E-state index contributed by atoms with van der Waals surface area (Å²) in [6.07, 6.45) is 0. The van der Waals surface area contributed by atoms with Crippen molar-refractivity contribution in [2.24, 2.45) is 5.10 Å². The molecule has 10 heteroatoms. The second kappa shape index (κ2) is 9.51. The topological polar surface area (TPSA) is 92.5 Å². The summed E-state index contributed by atoms with van der Waals surface area (Å²) in [5.41, 5.74) is 5.56. The van der Waals surface area contributed by atoms with Crippen LogP contribution < -0.4 is 25.1 Å². The van der Waals surface area contributed by atoms with Crippen molar-refractivity contribution in [1.29, 1.82) is 0 Å². The van der Waals surface area contributed by atoms with Gasteiger partial charge in [0.15, 0.2) is 17.3 Å². The standard InChI is InChI=1S/C21H19N5O4.HI/c1-29-19-13-8-15(14-20(19)30-2)21-22-24(16-6-4-3-5-7-16)25(23-21)17-9-11-18(12-10-17)26(27)28;/h3-14H,1-2H3,(H,22,23);1H. The minimum absolute atomic E-state index is 0. The zero-order valence-electron chi connectivity index (χ0n) is 16.8. The minimum Gasteiger partial charge on any atom is -0.493 e. The summed E-state index contributed by atoms with van der Waals surface area (Å²) in [6.45, 7) is 0. The molecule has 1 heterocycles. The molecule has 0 amide bonds. The maximum absolute atomic E-state index is 11.0. The summed E-state index contributed by atoms with van der Waals surface area (Å²) in [7, 11) is 3.15. The molecule has 31 heavy (non-hydrogen) atoms. The van der Waals surface area contributed by atoms with E-state index in [4.69, 9.17) is 14.6 Å². The molecular formula is C21H20IN5O4. The average molecular weight is 533 g/mol. The van der Waals surface area contributed by atoms with Gasteiger partial charge in [-0.1, -0.05) is 18.2 Å². The number of nitro groups is 1. The second-order valence-electron chi connectivity index (χ2n) is 6.34. The molecule has 0 saturated carbocycles. The van der Waals surface area contributed by atoms with Gasteiger partial charge < -0.3 is 9.47 Å². The maximum atomic E-state index is 11.0. The Morgan fingerprint density at radius 3 is 2.19 bits per heavy atom. The van der Waals surface area contributed by atoms with Crippen molar-refractivity contribution >= 4 is 46.9 Å². The summed E-state index contributed by atoms with van der Waals surface area (Å²) < 4.78 is 10.7. The van der Waals surface area contributed by atoms with Crippen molar-refractivity contribution in [1.82, 2.24) is 5.43 Å². The Bertz CT molecular complexity index is 1090. The molecule has 3 aromatic carbocycles. The van der Waals surface area contributed by atoms with Crippen LogP contribution in [0.5, 0.6) is 11.5 Å². The van der Waals surface area contributed by atoms with Crippen LogP contribution in [-0.4, -0.2) is 25.0 Å². The molecule has 0 radical (unpaired) electrons. The minimum atomic E-state index is -0.429. The number of anilines is 2. The number of hydrazone groups is 1. The highest BCUT2D eigenvalue weighted by Gasteiger charge is 2.27. The predicted octanol–water partition coefficient (Wildman–Crippen LogP) is 4.34. The van der Waals surface area contributed by atoms with Crippen LogP contribution in [-0.2, 0) is 0 Å². The van der Waals surface area contributed by atoms with E-state index in [1.165, 1.54) is 12.1 Å². The number of ether oxygens (including phenoxy) is 2. The maximum Gasteiger partial charge on any atom is 0.269 e. The molecule has 0 unspecified atom stereocenters. The lowest BCUT2D eigenvalue weighted by Crippen LogP contribution is -2.44. The lowest BCUT2D eigenvalue weighted by atomic mass is 10.2. The molecule has 0 aromatic heterocycles. The fourth-order valence-electron chi connectivity index (χ4n) is 3.04. The highest BCUT2D eigenvalue weighted by molar-refractivity contribution is 14.0. The number of non-ortho nitro benzene ring substituents is 1. The van der Waals surface area contributed by atoms with Gasteiger partial charge in [0.05, 0.1) is 30.5 Å². The Hall–Kier alpha value is -3.54. The number of hydrogen-bond acceptors (Lipinski definition) is 8. The number of benzene rings is 3. The second-order valence-corrected chi connectivity index (χ2v) is 6.34. The molecule has 9 nitrogen and oxygen atoms in total. The Labute approximate surface area is 196 Å². The van der Waals surface area contributed by atoms with Crippen LogP contribution in [0.1, 0.15) is 5.56 Å². The van der Waals surface area contributed by atoms with Gasteiger partial charge in [0, 0.05) is 17.7 Å². The summed E-state index contributed by atoms with van der Waals surface area (Å²) >= 11 is 0. The van der Waals surface area contributed by atoms with Crippen LogP contribution in [0.25, 0.3) is 0 Å². The first-order valence-corrected chi connectivity index (χ1v) is 9.08. The lowest BCUT2D eigenvalue weighted by Gasteiger charge is -2.27. The summed E-state index contributed by atoms with van der Waals surface area (Å²) in [4.78, 5) is 10.6. The zero-order chi connectivity index (χ0) is 21.1. The molecule has 160 valence electrons. The molecule has 0 spiro atoms. The number of hydrogen-bond donors (Lipinski definition) is 1. The third kappa shape index (κ3) is 4.48. The number of methoxy groups -OCH3 is 2. The molecule has 0 saturated heterocycles. The number of amidine groups is 1. The smallest absolute Gasteiger partial charge is 0.269 e. The van der Waals surface area contributed by atoms with Crippen molar-refractivity contribution in [3.63, 3.8) is 0 Å². The summed E-state index contributed by atoms with van der Waals surface area (Å²) in [5, 5.41) is 19.1. The van der Waals surface area contributed by atoms with Crippen LogP contribution in [0.3, 0.4) is 0 Å². The Kier molecular flexibility index (Phi) is 6.80. The van der Waals surface area contributed by atoms with Gasteiger partial charge in [-0.15, -0.1) is 29.1 Å². The highest BCUT2D eigenvalue weighted by Crippen LogP contribution is 2.30. The van der Waals surface area contributed by atoms with Crippen LogP contribution in [0.2, 0.25) is 0 Å². The molecule has 3 aromatic rings. The van der Waals surface area contributed by atoms with Crippen molar-refractivity contribution in [2.75, 3.05) is 24.5 Å². The van der Waals surface area contributed by atoms with Gasteiger partial charge in [0.2, 0.25) is 0 Å². The predicted molar refractivity (Wildman–Crippen MR) is 129 cm³/mol. The van der Waals surface area contributed by atoms with Crippen molar-refractivity contribution in [2.45, 2.75) is 0 Å². The number of nitrogens with one attached hydrogen (secondary N) is 1. The Morgan fingerprint density at radius 1 is 0.903 bits per heavy atom. The van der Waals surface area contributed by atoms with E-state index in [1.54, 1.807) is 42.7 Å². The summed E-state index contributed by atoms with van der Waals surface area (Å²) in [6, 6.07) is 21.3. The van der Waals surface area contributed by atoms with Gasteiger partial charge in [0.25, 0.3) is 5.69 Å². The third-order valence-electron chi connectivity index (χ3n) is 4.55. The fraction of sp³-hybridized carbons (Fsp3) is 0.0952. The third-order valence-corrected chi connectivity index (χ3v) is 4.55. The fourth-order valence-corrected chi connectivity index (χ4v) is 3.04. The molecular weight excluding hydrogens is 513 g/mol. The van der Waals surface area contributed by atoms with Crippen molar-refractivity contribution in [3.05, 3.63) is 88.5 Å². The molecule has 0 atom stereocenters. The quantitative estimate of drug-likeness (QED) is 0.287. The Balaban J connectivity index is 0.00000272. The van der Waals surface area contributed by atoms with E-state index in [-0.39, 0.29) is 29.7 Å². The number of hydrazine groups is 2. The van der Waals surface area contributed by atoms with Gasteiger partial charge >= 0.3 is 0 Å². The summed E-state index contributed by atoms with van der Waals surface area (Å²) in [5.74, 6) is 1.78. The van der Waals surface area contributed by atoms with Crippen LogP contribution in [0.4, 0.5) is 17.1 Å². The number of para-hydroxylation sites is 1. The SMILES string of the molecule is COc1ccc(C2=NN(c3ccccc3)N(c3ccc([N+](=O)[O-])cc3)N2)cc1OC.I. The first-order chi connectivity index (χ1) is 14.6. The van der Waals surface area contributed by atoms with Crippen LogP contribution in [0, 0.1) is 10.1 Å². The zero-order valence-corrected chi connectivity index (χ0v) is 19.1. The van der Waals surface area contributed by atoms with E-state index in [1.807, 2.05) is 42.5 Å². The van der Waals surface area contributed by atoms with Gasteiger partial charge in [-0.25, -0.2) is 0 Å². The van der Waals surface area contributed by atoms with E-state index < -0.39 is 4.92 Å². The molecule has 1 aliphatic rings. The monoisotopic (exact) mass is 533 g/mol.